The standard InChI is InChI=1S/C15H12N2O2/c1-2-3-4-8-13(18)11(10-16)15-17-12-7-5-6-9-14(12)19-15/h2-9,11H,1H3/b3-2+,8-4-/t11-/m0/s1. The molecule has 4 nitrogen and oxygen atoms in total. The zero-order chi connectivity index (χ0) is 13.7. The predicted octanol–water partition coefficient (Wildman–Crippen LogP) is 3.14. The van der Waals surface area contributed by atoms with Crippen LogP contribution in [0.15, 0.2) is 53.0 Å². The molecule has 19 heavy (non-hydrogen) atoms. The highest BCUT2D eigenvalue weighted by atomic mass is 16.3. The molecule has 1 aromatic heterocycles. The fraction of sp³-hybridized carbons (Fsp3) is 0.133. The summed E-state index contributed by atoms with van der Waals surface area (Å²) in [6, 6.07) is 9.09. The van der Waals surface area contributed by atoms with E-state index in [1.165, 1.54) is 6.08 Å². The number of carbonyl (C=O) groups excluding carboxylic acids is 1. The van der Waals surface area contributed by atoms with Crippen LogP contribution in [0.3, 0.4) is 0 Å². The van der Waals surface area contributed by atoms with E-state index in [-0.39, 0.29) is 11.7 Å². The van der Waals surface area contributed by atoms with Gasteiger partial charge >= 0.3 is 0 Å². The Morgan fingerprint density at radius 2 is 2.21 bits per heavy atom. The van der Waals surface area contributed by atoms with Crippen LogP contribution in [-0.4, -0.2) is 10.8 Å². The lowest BCUT2D eigenvalue weighted by molar-refractivity contribution is -0.115. The predicted molar refractivity (Wildman–Crippen MR) is 71.3 cm³/mol. The Balaban J connectivity index is 2.31. The van der Waals surface area contributed by atoms with Gasteiger partial charge in [0.2, 0.25) is 5.89 Å². The number of oxazole rings is 1. The molecule has 2 aromatic rings. The Hall–Kier alpha value is -2.67. The van der Waals surface area contributed by atoms with Gasteiger partial charge in [-0.05, 0) is 25.1 Å². The topological polar surface area (TPSA) is 66.9 Å². The Bertz CT molecular complexity index is 656. The molecule has 94 valence electrons. The highest BCUT2D eigenvalue weighted by molar-refractivity contribution is 5.97. The van der Waals surface area contributed by atoms with Gasteiger partial charge in [-0.25, -0.2) is 4.98 Å². The fourth-order valence-electron chi connectivity index (χ4n) is 1.61. The molecule has 1 heterocycles. The summed E-state index contributed by atoms with van der Waals surface area (Å²) in [4.78, 5) is 16.1. The molecular formula is C15H12N2O2. The van der Waals surface area contributed by atoms with E-state index in [4.69, 9.17) is 9.68 Å². The molecule has 0 fully saturated rings. The highest BCUT2D eigenvalue weighted by Gasteiger charge is 2.23. The highest BCUT2D eigenvalue weighted by Crippen LogP contribution is 2.22. The number of nitriles is 1. The van der Waals surface area contributed by atoms with E-state index in [1.54, 1.807) is 30.4 Å². The average Bonchev–Trinajstić information content (AvgIpc) is 2.83. The Morgan fingerprint density at radius 1 is 1.42 bits per heavy atom. The molecular weight excluding hydrogens is 240 g/mol. The van der Waals surface area contributed by atoms with Crippen LogP contribution < -0.4 is 0 Å². The van der Waals surface area contributed by atoms with Crippen molar-refractivity contribution < 1.29 is 9.21 Å². The number of ketones is 1. The van der Waals surface area contributed by atoms with E-state index in [2.05, 4.69) is 4.98 Å². The van der Waals surface area contributed by atoms with Crippen LogP contribution in [0.25, 0.3) is 11.1 Å². The Kier molecular flexibility index (Phi) is 3.89. The van der Waals surface area contributed by atoms with Gasteiger partial charge in [-0.2, -0.15) is 5.26 Å². The van der Waals surface area contributed by atoms with Crippen molar-refractivity contribution in [2.75, 3.05) is 0 Å². The van der Waals surface area contributed by atoms with E-state index in [0.717, 1.165) is 0 Å². The number of hydrogen-bond donors (Lipinski definition) is 0. The van der Waals surface area contributed by atoms with Crippen molar-refractivity contribution in [3.63, 3.8) is 0 Å². The first-order valence-electron chi connectivity index (χ1n) is 5.84. The maximum atomic E-state index is 11.9. The number of nitrogens with zero attached hydrogens (tertiary/aromatic N) is 2. The lowest BCUT2D eigenvalue weighted by Crippen LogP contribution is -2.07. The largest absolute Gasteiger partial charge is 0.439 e. The molecule has 4 heteroatoms. The van der Waals surface area contributed by atoms with Gasteiger partial charge in [-0.3, -0.25) is 4.79 Å². The van der Waals surface area contributed by atoms with Crippen molar-refractivity contribution >= 4 is 16.9 Å². The first-order valence-corrected chi connectivity index (χ1v) is 5.84. The minimum atomic E-state index is -1.01. The first kappa shape index (κ1) is 12.8. The van der Waals surface area contributed by atoms with Gasteiger partial charge in [0.25, 0.3) is 0 Å². The SMILES string of the molecule is C/C=C/C=C\C(=O)[C@H](C#N)c1nc2ccccc2o1. The van der Waals surface area contributed by atoms with Crippen molar-refractivity contribution in [2.24, 2.45) is 0 Å². The van der Waals surface area contributed by atoms with Gasteiger partial charge in [0, 0.05) is 0 Å². The molecule has 0 spiro atoms. The first-order chi connectivity index (χ1) is 9.26. The van der Waals surface area contributed by atoms with Crippen molar-refractivity contribution in [3.8, 4) is 6.07 Å². The summed E-state index contributed by atoms with van der Waals surface area (Å²) in [6.07, 6.45) is 6.46. The Labute approximate surface area is 110 Å². The molecule has 0 radical (unpaired) electrons. The van der Waals surface area contributed by atoms with Gasteiger partial charge in [-0.15, -0.1) is 0 Å². The monoisotopic (exact) mass is 252 g/mol. The third kappa shape index (κ3) is 2.78. The number of para-hydroxylation sites is 2. The molecule has 0 N–H and O–H groups in total. The molecule has 0 saturated carbocycles. The van der Waals surface area contributed by atoms with Gasteiger partial charge < -0.3 is 4.42 Å². The second-order valence-corrected chi connectivity index (χ2v) is 3.87. The van der Waals surface area contributed by atoms with Crippen molar-refractivity contribution in [1.82, 2.24) is 4.98 Å². The summed E-state index contributed by atoms with van der Waals surface area (Å²) in [5, 5.41) is 9.11. The fourth-order valence-corrected chi connectivity index (χ4v) is 1.61. The summed E-state index contributed by atoms with van der Waals surface area (Å²) in [7, 11) is 0. The van der Waals surface area contributed by atoms with Gasteiger partial charge in [0.1, 0.15) is 5.52 Å². The Morgan fingerprint density at radius 3 is 2.89 bits per heavy atom. The number of allylic oxidation sites excluding steroid dienone is 4. The zero-order valence-corrected chi connectivity index (χ0v) is 10.4. The number of rotatable bonds is 4. The summed E-state index contributed by atoms with van der Waals surface area (Å²) >= 11 is 0. The quantitative estimate of drug-likeness (QED) is 0.619. The summed E-state index contributed by atoms with van der Waals surface area (Å²) in [5.41, 5.74) is 1.21. The third-order valence-electron chi connectivity index (χ3n) is 2.54. The average molecular weight is 252 g/mol. The van der Waals surface area contributed by atoms with E-state index in [9.17, 15) is 4.79 Å². The van der Waals surface area contributed by atoms with Gasteiger partial charge in [0.15, 0.2) is 17.3 Å². The van der Waals surface area contributed by atoms with Crippen LogP contribution in [0.4, 0.5) is 0 Å². The van der Waals surface area contributed by atoms with Crippen LogP contribution in [0, 0.1) is 11.3 Å². The smallest absolute Gasteiger partial charge is 0.220 e. The van der Waals surface area contributed by atoms with Crippen LogP contribution in [-0.2, 0) is 4.79 Å². The van der Waals surface area contributed by atoms with E-state index in [0.29, 0.717) is 11.1 Å². The molecule has 2 rings (SSSR count). The number of hydrogen-bond acceptors (Lipinski definition) is 4. The van der Waals surface area contributed by atoms with E-state index < -0.39 is 5.92 Å². The van der Waals surface area contributed by atoms with Crippen LogP contribution in [0.2, 0.25) is 0 Å². The van der Waals surface area contributed by atoms with Crippen molar-refractivity contribution in [2.45, 2.75) is 12.8 Å². The zero-order valence-electron chi connectivity index (χ0n) is 10.4. The molecule has 0 unspecified atom stereocenters. The number of aromatic nitrogens is 1. The second kappa shape index (κ2) is 5.78. The summed E-state index contributed by atoms with van der Waals surface area (Å²) in [6.45, 7) is 1.84. The molecule has 0 saturated heterocycles. The normalized spacial score (nSPS) is 13.1. The lowest BCUT2D eigenvalue weighted by Gasteiger charge is -1.98. The minimum Gasteiger partial charge on any atom is -0.439 e. The maximum Gasteiger partial charge on any atom is 0.220 e. The van der Waals surface area contributed by atoms with Gasteiger partial charge in [0.05, 0.1) is 6.07 Å². The molecule has 0 amide bonds. The molecule has 0 bridgehead atoms. The summed E-state index contributed by atoms with van der Waals surface area (Å²) < 4.78 is 5.44. The van der Waals surface area contributed by atoms with E-state index in [1.807, 2.05) is 25.1 Å². The van der Waals surface area contributed by atoms with Crippen LogP contribution >= 0.6 is 0 Å². The lowest BCUT2D eigenvalue weighted by atomic mass is 10.1. The van der Waals surface area contributed by atoms with Crippen LogP contribution in [0.5, 0.6) is 0 Å². The molecule has 0 aliphatic carbocycles. The molecule has 0 aliphatic heterocycles. The number of carbonyl (C=O) groups is 1. The van der Waals surface area contributed by atoms with Crippen molar-refractivity contribution in [1.29, 1.82) is 5.26 Å². The number of benzene rings is 1. The number of fused-ring (bicyclic) bond motifs is 1. The van der Waals surface area contributed by atoms with Crippen molar-refractivity contribution in [3.05, 3.63) is 54.5 Å². The molecule has 1 aromatic carbocycles. The van der Waals surface area contributed by atoms with E-state index >= 15 is 0 Å². The van der Waals surface area contributed by atoms with Gasteiger partial charge in [-0.1, -0.05) is 30.4 Å². The molecule has 1 atom stereocenters. The summed E-state index contributed by atoms with van der Waals surface area (Å²) in [5.74, 6) is -1.21. The second-order valence-electron chi connectivity index (χ2n) is 3.87. The molecule has 0 aliphatic rings. The maximum absolute atomic E-state index is 11.9. The minimum absolute atomic E-state index is 0.138. The van der Waals surface area contributed by atoms with Crippen LogP contribution in [0.1, 0.15) is 18.7 Å². The third-order valence-corrected chi connectivity index (χ3v) is 2.54.